The molecule has 1 rings (SSSR count). The molecule has 0 saturated heterocycles. The molecule has 2 amide bonds. The van der Waals surface area contributed by atoms with Gasteiger partial charge in [-0.15, -0.1) is 0 Å². The van der Waals surface area contributed by atoms with E-state index in [1.165, 1.54) is 0 Å². The van der Waals surface area contributed by atoms with Crippen LogP contribution in [0.25, 0.3) is 0 Å². The fourth-order valence-electron chi connectivity index (χ4n) is 2.16. The van der Waals surface area contributed by atoms with Crippen molar-refractivity contribution >= 4 is 17.8 Å². The van der Waals surface area contributed by atoms with E-state index in [0.717, 1.165) is 12.1 Å². The minimum atomic E-state index is -1.11. The van der Waals surface area contributed by atoms with Crippen molar-refractivity contribution in [2.24, 2.45) is 11.7 Å². The van der Waals surface area contributed by atoms with Gasteiger partial charge in [-0.1, -0.05) is 13.0 Å². The van der Waals surface area contributed by atoms with E-state index >= 15 is 0 Å². The Labute approximate surface area is 138 Å². The lowest BCUT2D eigenvalue weighted by molar-refractivity contribution is -0.144. The normalized spacial score (nSPS) is 13.0. The van der Waals surface area contributed by atoms with Crippen LogP contribution in [0.5, 0.6) is 0 Å². The van der Waals surface area contributed by atoms with Gasteiger partial charge in [0.25, 0.3) is 0 Å². The minimum absolute atomic E-state index is 0.0184. The molecule has 0 bridgehead atoms. The van der Waals surface area contributed by atoms with Crippen LogP contribution in [0.4, 0.5) is 8.78 Å². The monoisotopic (exact) mass is 342 g/mol. The molecule has 1 aromatic rings. The van der Waals surface area contributed by atoms with Crippen molar-refractivity contribution in [2.45, 2.75) is 32.7 Å². The van der Waals surface area contributed by atoms with Gasteiger partial charge in [-0.25, -0.2) is 8.78 Å². The quantitative estimate of drug-likeness (QED) is 0.690. The number of benzene rings is 1. The Kier molecular flexibility index (Phi) is 7.29. The smallest absolute Gasteiger partial charge is 0.306 e. The number of primary amides is 1. The lowest BCUT2D eigenvalue weighted by Crippen LogP contribution is -2.49. The average molecular weight is 342 g/mol. The van der Waals surface area contributed by atoms with E-state index in [4.69, 9.17) is 10.5 Å². The molecule has 0 spiro atoms. The molecule has 8 heteroatoms. The number of carbonyl (C=O) groups is 3. The Hall–Kier alpha value is -2.51. The van der Waals surface area contributed by atoms with E-state index < -0.39 is 41.4 Å². The SMILES string of the molecule is CCOC(=O)C[C@@H](C)[C@@H](NC(=O)Cc1ccc(F)cc1F)C(N)=O. The van der Waals surface area contributed by atoms with Gasteiger partial charge in [-0.2, -0.15) is 0 Å². The van der Waals surface area contributed by atoms with E-state index in [9.17, 15) is 23.2 Å². The summed E-state index contributed by atoms with van der Waals surface area (Å²) in [6.07, 6.45) is -0.491. The van der Waals surface area contributed by atoms with E-state index in [1.807, 2.05) is 0 Å². The third kappa shape index (κ3) is 5.94. The highest BCUT2D eigenvalue weighted by molar-refractivity contribution is 5.88. The van der Waals surface area contributed by atoms with Crippen molar-refractivity contribution < 1.29 is 27.9 Å². The summed E-state index contributed by atoms with van der Waals surface area (Å²) in [7, 11) is 0. The summed E-state index contributed by atoms with van der Waals surface area (Å²) in [5, 5.41) is 2.37. The lowest BCUT2D eigenvalue weighted by Gasteiger charge is -2.21. The zero-order valence-corrected chi connectivity index (χ0v) is 13.5. The Morgan fingerprint density at radius 3 is 2.50 bits per heavy atom. The number of hydrogen-bond acceptors (Lipinski definition) is 4. The predicted molar refractivity (Wildman–Crippen MR) is 81.6 cm³/mol. The first kappa shape index (κ1) is 19.5. The van der Waals surface area contributed by atoms with Crippen molar-refractivity contribution in [3.05, 3.63) is 35.4 Å². The highest BCUT2D eigenvalue weighted by Gasteiger charge is 2.27. The number of esters is 1. The Morgan fingerprint density at radius 1 is 1.29 bits per heavy atom. The Bertz CT molecular complexity index is 622. The van der Waals surface area contributed by atoms with Gasteiger partial charge < -0.3 is 15.8 Å². The first-order chi connectivity index (χ1) is 11.2. The molecule has 0 aliphatic carbocycles. The van der Waals surface area contributed by atoms with Crippen LogP contribution in [-0.2, 0) is 25.5 Å². The maximum absolute atomic E-state index is 13.5. The van der Waals surface area contributed by atoms with E-state index in [1.54, 1.807) is 13.8 Å². The van der Waals surface area contributed by atoms with Crippen molar-refractivity contribution in [1.82, 2.24) is 5.32 Å². The summed E-state index contributed by atoms with van der Waals surface area (Å²) in [4.78, 5) is 35.0. The summed E-state index contributed by atoms with van der Waals surface area (Å²) < 4.78 is 31.2. The maximum atomic E-state index is 13.5. The largest absolute Gasteiger partial charge is 0.466 e. The van der Waals surface area contributed by atoms with Crippen LogP contribution in [0, 0.1) is 17.6 Å². The summed E-state index contributed by atoms with van der Waals surface area (Å²) >= 11 is 0. The zero-order valence-electron chi connectivity index (χ0n) is 13.5. The lowest BCUT2D eigenvalue weighted by atomic mass is 9.97. The van der Waals surface area contributed by atoms with Crippen molar-refractivity contribution in [3.63, 3.8) is 0 Å². The first-order valence-electron chi connectivity index (χ1n) is 7.42. The molecule has 0 saturated carbocycles. The Morgan fingerprint density at radius 2 is 1.96 bits per heavy atom. The number of amides is 2. The van der Waals surface area contributed by atoms with Crippen LogP contribution in [-0.4, -0.2) is 30.4 Å². The number of hydrogen-bond donors (Lipinski definition) is 2. The molecular weight excluding hydrogens is 322 g/mol. The maximum Gasteiger partial charge on any atom is 0.306 e. The van der Waals surface area contributed by atoms with Gasteiger partial charge in [-0.05, 0) is 24.5 Å². The van der Waals surface area contributed by atoms with Gasteiger partial charge in [0.1, 0.15) is 17.7 Å². The van der Waals surface area contributed by atoms with Crippen LogP contribution < -0.4 is 11.1 Å². The summed E-state index contributed by atoms with van der Waals surface area (Å²) in [6.45, 7) is 3.40. The topological polar surface area (TPSA) is 98.5 Å². The number of rotatable bonds is 8. The second-order valence-electron chi connectivity index (χ2n) is 5.35. The fourth-order valence-corrected chi connectivity index (χ4v) is 2.16. The molecular formula is C16H20F2N2O4. The second kappa shape index (κ2) is 8.95. The molecule has 0 aliphatic rings. The summed E-state index contributed by atoms with van der Waals surface area (Å²) in [5.74, 6) is -4.21. The van der Waals surface area contributed by atoms with Crippen LogP contribution in [0.15, 0.2) is 18.2 Å². The molecule has 0 heterocycles. The molecule has 0 aromatic heterocycles. The molecule has 0 aliphatic heterocycles. The summed E-state index contributed by atoms with van der Waals surface area (Å²) in [6, 6.07) is 1.73. The number of nitrogens with one attached hydrogen (secondary N) is 1. The highest BCUT2D eigenvalue weighted by Crippen LogP contribution is 2.12. The van der Waals surface area contributed by atoms with Crippen LogP contribution in [0.1, 0.15) is 25.8 Å². The van der Waals surface area contributed by atoms with Gasteiger partial charge in [0.2, 0.25) is 11.8 Å². The van der Waals surface area contributed by atoms with Crippen LogP contribution in [0.2, 0.25) is 0 Å². The molecule has 0 radical (unpaired) electrons. The zero-order chi connectivity index (χ0) is 18.3. The van der Waals surface area contributed by atoms with Crippen molar-refractivity contribution in [2.75, 3.05) is 6.61 Å². The van der Waals surface area contributed by atoms with Gasteiger partial charge in [-0.3, -0.25) is 14.4 Å². The first-order valence-corrected chi connectivity index (χ1v) is 7.42. The number of carbonyl (C=O) groups excluding carboxylic acids is 3. The number of nitrogens with two attached hydrogens (primary N) is 1. The van der Waals surface area contributed by atoms with Gasteiger partial charge in [0.05, 0.1) is 19.4 Å². The fraction of sp³-hybridized carbons (Fsp3) is 0.438. The van der Waals surface area contributed by atoms with Gasteiger partial charge in [0, 0.05) is 6.07 Å². The van der Waals surface area contributed by atoms with E-state index in [2.05, 4.69) is 5.32 Å². The molecule has 132 valence electrons. The van der Waals surface area contributed by atoms with E-state index in [-0.39, 0.29) is 25.0 Å². The number of ether oxygens (including phenoxy) is 1. The number of halogens is 2. The molecule has 24 heavy (non-hydrogen) atoms. The second-order valence-corrected chi connectivity index (χ2v) is 5.35. The highest BCUT2D eigenvalue weighted by atomic mass is 19.1. The van der Waals surface area contributed by atoms with Crippen LogP contribution in [0.3, 0.4) is 0 Å². The summed E-state index contributed by atoms with van der Waals surface area (Å²) in [5.41, 5.74) is 5.23. The Balaban J connectivity index is 2.72. The van der Waals surface area contributed by atoms with Gasteiger partial charge >= 0.3 is 5.97 Å². The van der Waals surface area contributed by atoms with Gasteiger partial charge in [0.15, 0.2) is 0 Å². The molecule has 0 fully saturated rings. The third-order valence-corrected chi connectivity index (χ3v) is 3.35. The van der Waals surface area contributed by atoms with Crippen LogP contribution >= 0.6 is 0 Å². The predicted octanol–water partition coefficient (Wildman–Crippen LogP) is 1.07. The molecule has 1 aromatic carbocycles. The third-order valence-electron chi connectivity index (χ3n) is 3.35. The molecule has 0 unspecified atom stereocenters. The van der Waals surface area contributed by atoms with Crippen molar-refractivity contribution in [3.8, 4) is 0 Å². The molecule has 2 atom stereocenters. The average Bonchev–Trinajstić information content (AvgIpc) is 2.47. The molecule has 6 nitrogen and oxygen atoms in total. The molecule has 3 N–H and O–H groups in total. The standard InChI is InChI=1S/C16H20F2N2O4/c1-3-24-14(22)6-9(2)15(16(19)23)20-13(21)7-10-4-5-11(17)8-12(10)18/h4-5,8-9,15H,3,6-7H2,1-2H3,(H2,19,23)(H,20,21)/t9-,15-/m1/s1. The van der Waals surface area contributed by atoms with E-state index in [0.29, 0.717) is 6.07 Å². The minimum Gasteiger partial charge on any atom is -0.466 e. The van der Waals surface area contributed by atoms with Crippen molar-refractivity contribution in [1.29, 1.82) is 0 Å².